The molecule has 0 saturated carbocycles. The summed E-state index contributed by atoms with van der Waals surface area (Å²) in [4.78, 5) is 29.5. The van der Waals surface area contributed by atoms with Crippen molar-refractivity contribution in [1.82, 2.24) is 0 Å². The first-order valence-corrected chi connectivity index (χ1v) is 5.91. The molecule has 0 unspecified atom stereocenters. The average Bonchev–Trinajstić information content (AvgIpc) is 2.42. The van der Waals surface area contributed by atoms with Crippen molar-refractivity contribution in [2.75, 3.05) is 19.8 Å². The molecule has 0 rings (SSSR count). The molecule has 9 heteroatoms. The van der Waals surface area contributed by atoms with Crippen molar-refractivity contribution in [1.29, 1.82) is 0 Å². The number of carboxylic acid groups (broad SMARTS) is 3. The van der Waals surface area contributed by atoms with Gasteiger partial charge in [-0.05, 0) is 6.42 Å². The predicted octanol–water partition coefficient (Wildman–Crippen LogP) is -1.08. The SMILES string of the molecule is O=C(O)C=CC(CO)(CO)CCO.O=C(O)CCC(=O)O. The van der Waals surface area contributed by atoms with E-state index in [9.17, 15) is 14.4 Å². The molecule has 0 fully saturated rings. The minimum absolute atomic E-state index is 0.129. The van der Waals surface area contributed by atoms with E-state index in [1.54, 1.807) is 0 Å². The largest absolute Gasteiger partial charge is 0.481 e. The van der Waals surface area contributed by atoms with Crippen molar-refractivity contribution in [2.24, 2.45) is 5.41 Å². The molecule has 0 aromatic rings. The molecular formula is C12H20O9. The molecule has 0 radical (unpaired) electrons. The van der Waals surface area contributed by atoms with E-state index in [4.69, 9.17) is 30.6 Å². The molecule has 0 amide bonds. The van der Waals surface area contributed by atoms with Gasteiger partial charge in [0.25, 0.3) is 0 Å². The average molecular weight is 308 g/mol. The predicted molar refractivity (Wildman–Crippen MR) is 69.6 cm³/mol. The third kappa shape index (κ3) is 12.8. The summed E-state index contributed by atoms with van der Waals surface area (Å²) >= 11 is 0. The Labute approximate surface area is 120 Å². The molecule has 0 atom stereocenters. The highest BCUT2D eigenvalue weighted by Crippen LogP contribution is 2.22. The number of hydrogen-bond acceptors (Lipinski definition) is 6. The van der Waals surface area contributed by atoms with Crippen LogP contribution in [0.3, 0.4) is 0 Å². The van der Waals surface area contributed by atoms with Crippen molar-refractivity contribution >= 4 is 17.9 Å². The van der Waals surface area contributed by atoms with Gasteiger partial charge in [0.15, 0.2) is 0 Å². The van der Waals surface area contributed by atoms with E-state index in [1.807, 2.05) is 0 Å². The summed E-state index contributed by atoms with van der Waals surface area (Å²) in [5.41, 5.74) is -1.03. The lowest BCUT2D eigenvalue weighted by atomic mass is 9.86. The van der Waals surface area contributed by atoms with Crippen molar-refractivity contribution in [3.63, 3.8) is 0 Å². The molecule has 0 aromatic carbocycles. The van der Waals surface area contributed by atoms with Crippen molar-refractivity contribution in [3.05, 3.63) is 12.2 Å². The molecule has 0 spiro atoms. The highest BCUT2D eigenvalue weighted by molar-refractivity contribution is 5.79. The fourth-order valence-electron chi connectivity index (χ4n) is 1.08. The molecule has 21 heavy (non-hydrogen) atoms. The van der Waals surface area contributed by atoms with Gasteiger partial charge in [0.1, 0.15) is 0 Å². The Morgan fingerprint density at radius 2 is 1.29 bits per heavy atom. The number of aliphatic carboxylic acids is 3. The van der Waals surface area contributed by atoms with Crippen LogP contribution < -0.4 is 0 Å². The van der Waals surface area contributed by atoms with Gasteiger partial charge in [-0.2, -0.15) is 0 Å². The number of rotatable bonds is 9. The second kappa shape index (κ2) is 11.8. The van der Waals surface area contributed by atoms with Gasteiger partial charge in [-0.1, -0.05) is 6.08 Å². The Hall–Kier alpha value is -1.97. The lowest BCUT2D eigenvalue weighted by Gasteiger charge is -2.24. The number of aliphatic hydroxyl groups excluding tert-OH is 3. The number of hydrogen-bond donors (Lipinski definition) is 6. The summed E-state index contributed by atoms with van der Waals surface area (Å²) in [5.74, 6) is -3.30. The summed E-state index contributed by atoms with van der Waals surface area (Å²) in [6.07, 6.45) is 1.59. The Morgan fingerprint density at radius 3 is 1.52 bits per heavy atom. The minimum atomic E-state index is -1.15. The van der Waals surface area contributed by atoms with Crippen LogP contribution in [0, 0.1) is 5.41 Å². The molecule has 0 aliphatic rings. The second-order valence-corrected chi connectivity index (χ2v) is 4.11. The quantitative estimate of drug-likeness (QED) is 0.289. The van der Waals surface area contributed by atoms with E-state index < -0.39 is 36.5 Å². The molecule has 0 bridgehead atoms. The molecular weight excluding hydrogens is 288 g/mol. The van der Waals surface area contributed by atoms with E-state index in [1.165, 1.54) is 6.08 Å². The lowest BCUT2D eigenvalue weighted by Crippen LogP contribution is -2.29. The molecule has 9 nitrogen and oxygen atoms in total. The summed E-state index contributed by atoms with van der Waals surface area (Å²) in [6, 6.07) is 0. The standard InChI is InChI=1S/C8H14O5.C4H6O4/c9-4-3-8(5-10,6-11)2-1-7(12)13;5-3(6)1-2-4(7)8/h1-2,9-11H,3-6H2,(H,12,13);1-2H2,(H,5,6)(H,7,8). The molecule has 6 N–H and O–H groups in total. The highest BCUT2D eigenvalue weighted by atomic mass is 16.4. The van der Waals surface area contributed by atoms with E-state index in [0.717, 1.165) is 6.08 Å². The van der Waals surface area contributed by atoms with Crippen molar-refractivity contribution < 1.29 is 45.0 Å². The molecule has 0 aliphatic heterocycles. The zero-order valence-electron chi connectivity index (χ0n) is 11.3. The first-order chi connectivity index (χ1) is 9.72. The second-order valence-electron chi connectivity index (χ2n) is 4.11. The van der Waals surface area contributed by atoms with E-state index in [2.05, 4.69) is 0 Å². The summed E-state index contributed by atoms with van der Waals surface area (Å²) in [5, 5.41) is 50.6. The number of carboxylic acids is 3. The van der Waals surface area contributed by atoms with Crippen LogP contribution >= 0.6 is 0 Å². The lowest BCUT2D eigenvalue weighted by molar-refractivity contribution is -0.143. The van der Waals surface area contributed by atoms with Crippen LogP contribution in [0.5, 0.6) is 0 Å². The van der Waals surface area contributed by atoms with Crippen LogP contribution in [0.15, 0.2) is 12.2 Å². The van der Waals surface area contributed by atoms with Gasteiger partial charge in [0, 0.05) is 18.1 Å². The fraction of sp³-hybridized carbons (Fsp3) is 0.583. The van der Waals surface area contributed by atoms with Gasteiger partial charge in [-0.25, -0.2) is 4.79 Å². The normalized spacial score (nSPS) is 10.8. The van der Waals surface area contributed by atoms with Gasteiger partial charge in [0.2, 0.25) is 0 Å². The van der Waals surface area contributed by atoms with Crippen molar-refractivity contribution in [2.45, 2.75) is 19.3 Å². The molecule has 0 aromatic heterocycles. The first-order valence-electron chi connectivity index (χ1n) is 5.91. The first kappa shape index (κ1) is 21.3. The topological polar surface area (TPSA) is 173 Å². The van der Waals surface area contributed by atoms with Crippen LogP contribution in [-0.4, -0.2) is 68.4 Å². The van der Waals surface area contributed by atoms with E-state index in [-0.39, 0.29) is 25.9 Å². The maximum absolute atomic E-state index is 10.2. The Kier molecular flexibility index (Phi) is 12.0. The highest BCUT2D eigenvalue weighted by Gasteiger charge is 2.25. The Morgan fingerprint density at radius 1 is 0.857 bits per heavy atom. The van der Waals surface area contributed by atoms with Gasteiger partial charge >= 0.3 is 17.9 Å². The zero-order valence-corrected chi connectivity index (χ0v) is 11.3. The van der Waals surface area contributed by atoms with Crippen LogP contribution in [0.4, 0.5) is 0 Å². The molecule has 122 valence electrons. The number of aliphatic hydroxyl groups is 3. The van der Waals surface area contributed by atoms with Gasteiger partial charge in [-0.15, -0.1) is 0 Å². The van der Waals surface area contributed by atoms with Gasteiger partial charge in [0.05, 0.1) is 26.1 Å². The van der Waals surface area contributed by atoms with Crippen LogP contribution in [0.2, 0.25) is 0 Å². The van der Waals surface area contributed by atoms with E-state index >= 15 is 0 Å². The molecule has 0 aliphatic carbocycles. The van der Waals surface area contributed by atoms with Crippen LogP contribution in [0.1, 0.15) is 19.3 Å². The van der Waals surface area contributed by atoms with Gasteiger partial charge < -0.3 is 30.6 Å². The number of carbonyl (C=O) groups is 3. The molecule has 0 saturated heterocycles. The van der Waals surface area contributed by atoms with Crippen LogP contribution in [0.25, 0.3) is 0 Å². The van der Waals surface area contributed by atoms with Gasteiger partial charge in [-0.3, -0.25) is 9.59 Å². The smallest absolute Gasteiger partial charge is 0.327 e. The molecule has 0 heterocycles. The van der Waals surface area contributed by atoms with Crippen LogP contribution in [-0.2, 0) is 14.4 Å². The zero-order chi connectivity index (χ0) is 16.9. The minimum Gasteiger partial charge on any atom is -0.481 e. The third-order valence-corrected chi connectivity index (χ3v) is 2.37. The van der Waals surface area contributed by atoms with Crippen molar-refractivity contribution in [3.8, 4) is 0 Å². The maximum Gasteiger partial charge on any atom is 0.327 e. The summed E-state index contributed by atoms with van der Waals surface area (Å²) in [6.45, 7) is -1.01. The summed E-state index contributed by atoms with van der Waals surface area (Å²) < 4.78 is 0. The Bertz CT molecular complexity index is 344. The maximum atomic E-state index is 10.2. The third-order valence-electron chi connectivity index (χ3n) is 2.37. The van der Waals surface area contributed by atoms with E-state index in [0.29, 0.717) is 0 Å². The Balaban J connectivity index is 0. The fourth-order valence-corrected chi connectivity index (χ4v) is 1.08. The monoisotopic (exact) mass is 308 g/mol. The summed E-state index contributed by atoms with van der Waals surface area (Å²) in [7, 11) is 0.